The van der Waals surface area contributed by atoms with Crippen molar-refractivity contribution in [1.29, 1.82) is 0 Å². The lowest BCUT2D eigenvalue weighted by molar-refractivity contribution is -0.121. The van der Waals surface area contributed by atoms with Crippen LogP contribution in [0.2, 0.25) is 5.02 Å². The van der Waals surface area contributed by atoms with E-state index in [4.69, 9.17) is 11.6 Å². The van der Waals surface area contributed by atoms with Crippen LogP contribution in [0.1, 0.15) is 37.7 Å². The maximum Gasteiger partial charge on any atom is 0.221 e. The number of halogens is 1. The summed E-state index contributed by atoms with van der Waals surface area (Å²) in [7, 11) is 0. The minimum atomic E-state index is 0.0976. The van der Waals surface area contributed by atoms with E-state index in [0.717, 1.165) is 17.1 Å². The highest BCUT2D eigenvalue weighted by Gasteiger charge is 2.13. The van der Waals surface area contributed by atoms with Gasteiger partial charge in [0, 0.05) is 30.6 Å². The van der Waals surface area contributed by atoms with E-state index < -0.39 is 0 Å². The van der Waals surface area contributed by atoms with Gasteiger partial charge in [0.15, 0.2) is 0 Å². The van der Waals surface area contributed by atoms with E-state index in [0.29, 0.717) is 19.0 Å². The quantitative estimate of drug-likeness (QED) is 0.841. The van der Waals surface area contributed by atoms with Crippen LogP contribution in [0.4, 0.5) is 0 Å². The molecule has 3 nitrogen and oxygen atoms in total. The lowest BCUT2D eigenvalue weighted by Crippen LogP contribution is -2.31. The van der Waals surface area contributed by atoms with Gasteiger partial charge in [-0.3, -0.25) is 4.79 Å². The largest absolute Gasteiger partial charge is 0.352 e. The van der Waals surface area contributed by atoms with Crippen molar-refractivity contribution in [3.8, 4) is 0 Å². The van der Waals surface area contributed by atoms with Crippen molar-refractivity contribution in [2.24, 2.45) is 0 Å². The van der Waals surface area contributed by atoms with E-state index >= 15 is 0 Å². The van der Waals surface area contributed by atoms with Gasteiger partial charge in [-0.15, -0.1) is 0 Å². The molecular weight excluding hydrogens is 260 g/mol. The zero-order valence-corrected chi connectivity index (χ0v) is 11.9. The van der Waals surface area contributed by atoms with Crippen molar-refractivity contribution in [3.63, 3.8) is 0 Å². The number of carbonyl (C=O) groups excluding carboxylic acids is 1. The van der Waals surface area contributed by atoms with Crippen molar-refractivity contribution in [2.45, 2.75) is 44.7 Å². The second-order valence-electron chi connectivity index (χ2n) is 5.09. The van der Waals surface area contributed by atoms with Gasteiger partial charge in [0.25, 0.3) is 0 Å². The third-order valence-corrected chi connectivity index (χ3v) is 3.80. The van der Waals surface area contributed by atoms with E-state index in [-0.39, 0.29) is 5.91 Å². The molecule has 4 heteroatoms. The molecule has 1 amide bonds. The molecule has 0 aromatic heterocycles. The van der Waals surface area contributed by atoms with Crippen LogP contribution in [0.25, 0.3) is 0 Å². The smallest absolute Gasteiger partial charge is 0.221 e. The van der Waals surface area contributed by atoms with Crippen LogP contribution in [0.3, 0.4) is 0 Å². The minimum absolute atomic E-state index is 0.0976. The zero-order chi connectivity index (χ0) is 13.5. The highest BCUT2D eigenvalue weighted by Crippen LogP contribution is 2.17. The SMILES string of the molecule is O=C(CCNC1CCCC1)NCc1ccc(Cl)cc1. The molecule has 0 bridgehead atoms. The zero-order valence-electron chi connectivity index (χ0n) is 11.1. The molecule has 2 N–H and O–H groups in total. The fourth-order valence-electron chi connectivity index (χ4n) is 2.41. The van der Waals surface area contributed by atoms with Gasteiger partial charge in [-0.25, -0.2) is 0 Å². The van der Waals surface area contributed by atoms with Crippen LogP contribution < -0.4 is 10.6 Å². The van der Waals surface area contributed by atoms with Crippen molar-refractivity contribution >= 4 is 17.5 Å². The molecule has 1 fully saturated rings. The van der Waals surface area contributed by atoms with E-state index in [1.54, 1.807) is 0 Å². The first-order valence-corrected chi connectivity index (χ1v) is 7.36. The van der Waals surface area contributed by atoms with Crippen molar-refractivity contribution in [1.82, 2.24) is 10.6 Å². The van der Waals surface area contributed by atoms with E-state index in [2.05, 4.69) is 10.6 Å². The number of hydrogen-bond acceptors (Lipinski definition) is 2. The summed E-state index contributed by atoms with van der Waals surface area (Å²) >= 11 is 5.81. The summed E-state index contributed by atoms with van der Waals surface area (Å²) in [4.78, 5) is 11.7. The first kappa shape index (κ1) is 14.4. The van der Waals surface area contributed by atoms with Crippen molar-refractivity contribution in [3.05, 3.63) is 34.9 Å². The lowest BCUT2D eigenvalue weighted by Gasteiger charge is -2.11. The molecule has 0 heterocycles. The molecule has 0 radical (unpaired) electrons. The van der Waals surface area contributed by atoms with Crippen LogP contribution in [0.5, 0.6) is 0 Å². The molecule has 1 aromatic carbocycles. The Morgan fingerprint density at radius 3 is 2.58 bits per heavy atom. The summed E-state index contributed by atoms with van der Waals surface area (Å²) in [5, 5.41) is 7.08. The Hall–Kier alpha value is -1.06. The highest BCUT2D eigenvalue weighted by molar-refractivity contribution is 6.30. The van der Waals surface area contributed by atoms with Gasteiger partial charge in [-0.1, -0.05) is 36.6 Å². The number of nitrogens with one attached hydrogen (secondary N) is 2. The summed E-state index contributed by atoms with van der Waals surface area (Å²) in [5.41, 5.74) is 1.07. The number of benzene rings is 1. The molecule has 0 atom stereocenters. The predicted octanol–water partition coefficient (Wildman–Crippen LogP) is 2.88. The predicted molar refractivity (Wildman–Crippen MR) is 78.2 cm³/mol. The fourth-order valence-corrected chi connectivity index (χ4v) is 2.54. The molecule has 2 rings (SSSR count). The third-order valence-electron chi connectivity index (χ3n) is 3.54. The average Bonchev–Trinajstić information content (AvgIpc) is 2.91. The molecule has 0 saturated heterocycles. The molecular formula is C15H21ClN2O. The standard InChI is InChI=1S/C15H21ClN2O/c16-13-7-5-12(6-8-13)11-18-15(19)9-10-17-14-3-1-2-4-14/h5-8,14,17H,1-4,9-11H2,(H,18,19). The molecule has 1 saturated carbocycles. The average molecular weight is 281 g/mol. The molecule has 0 unspecified atom stereocenters. The molecule has 0 aliphatic heterocycles. The molecule has 0 spiro atoms. The van der Waals surface area contributed by atoms with Crippen LogP contribution in [0.15, 0.2) is 24.3 Å². The van der Waals surface area contributed by atoms with Gasteiger partial charge < -0.3 is 10.6 Å². The molecule has 1 aromatic rings. The topological polar surface area (TPSA) is 41.1 Å². The van der Waals surface area contributed by atoms with Gasteiger partial charge in [0.1, 0.15) is 0 Å². The maximum atomic E-state index is 11.7. The van der Waals surface area contributed by atoms with Crippen LogP contribution >= 0.6 is 11.6 Å². The van der Waals surface area contributed by atoms with Gasteiger partial charge >= 0.3 is 0 Å². The summed E-state index contributed by atoms with van der Waals surface area (Å²) in [6.45, 7) is 1.34. The van der Waals surface area contributed by atoms with E-state index in [1.807, 2.05) is 24.3 Å². The Balaban J connectivity index is 1.60. The minimum Gasteiger partial charge on any atom is -0.352 e. The molecule has 19 heavy (non-hydrogen) atoms. The van der Waals surface area contributed by atoms with Gasteiger partial charge in [-0.05, 0) is 30.5 Å². The van der Waals surface area contributed by atoms with Crippen LogP contribution in [-0.2, 0) is 11.3 Å². The molecule has 1 aliphatic carbocycles. The Kier molecular flexibility index (Phi) is 5.67. The molecule has 1 aliphatic rings. The lowest BCUT2D eigenvalue weighted by atomic mass is 10.2. The maximum absolute atomic E-state index is 11.7. The number of rotatable bonds is 6. The van der Waals surface area contributed by atoms with Crippen molar-refractivity contribution < 1.29 is 4.79 Å². The van der Waals surface area contributed by atoms with Gasteiger partial charge in [0.2, 0.25) is 5.91 Å². The Morgan fingerprint density at radius 1 is 1.21 bits per heavy atom. The fraction of sp³-hybridized carbons (Fsp3) is 0.533. The summed E-state index contributed by atoms with van der Waals surface area (Å²) in [5.74, 6) is 0.0976. The summed E-state index contributed by atoms with van der Waals surface area (Å²) in [6, 6.07) is 8.16. The van der Waals surface area contributed by atoms with Gasteiger partial charge in [-0.2, -0.15) is 0 Å². The Bertz CT molecular complexity index is 399. The van der Waals surface area contributed by atoms with Crippen molar-refractivity contribution in [2.75, 3.05) is 6.54 Å². The first-order valence-electron chi connectivity index (χ1n) is 6.98. The first-order chi connectivity index (χ1) is 9.24. The highest BCUT2D eigenvalue weighted by atomic mass is 35.5. The number of carbonyl (C=O) groups is 1. The number of hydrogen-bond donors (Lipinski definition) is 2. The van der Waals surface area contributed by atoms with E-state index in [1.165, 1.54) is 25.7 Å². The van der Waals surface area contributed by atoms with Crippen LogP contribution in [-0.4, -0.2) is 18.5 Å². The Morgan fingerprint density at radius 2 is 1.89 bits per heavy atom. The second kappa shape index (κ2) is 7.51. The summed E-state index contributed by atoms with van der Waals surface area (Å²) in [6.07, 6.45) is 5.70. The summed E-state index contributed by atoms with van der Waals surface area (Å²) < 4.78 is 0. The normalized spacial score (nSPS) is 15.6. The number of amides is 1. The van der Waals surface area contributed by atoms with Gasteiger partial charge in [0.05, 0.1) is 0 Å². The third kappa shape index (κ3) is 5.21. The van der Waals surface area contributed by atoms with Crippen LogP contribution in [0, 0.1) is 0 Å². The Labute approximate surface area is 119 Å². The monoisotopic (exact) mass is 280 g/mol. The second-order valence-corrected chi connectivity index (χ2v) is 5.53. The molecule has 104 valence electrons. The van der Waals surface area contributed by atoms with E-state index in [9.17, 15) is 4.79 Å².